The van der Waals surface area contributed by atoms with E-state index in [0.29, 0.717) is 12.5 Å². The minimum absolute atomic E-state index is 0.208. The number of nitrogens with zero attached hydrogens (tertiary/aromatic N) is 1. The first-order valence-electron chi connectivity index (χ1n) is 8.04. The summed E-state index contributed by atoms with van der Waals surface area (Å²) in [5.74, 6) is -0.394. The van der Waals surface area contributed by atoms with Gasteiger partial charge in [-0.15, -0.1) is 0 Å². The van der Waals surface area contributed by atoms with Crippen molar-refractivity contribution in [3.8, 4) is 0 Å². The molecule has 3 heteroatoms. The van der Waals surface area contributed by atoms with E-state index in [1.165, 1.54) is 16.3 Å². The van der Waals surface area contributed by atoms with Gasteiger partial charge >= 0.3 is 5.97 Å². The van der Waals surface area contributed by atoms with Gasteiger partial charge in [-0.2, -0.15) is 0 Å². The minimum atomic E-state index is -0.651. The molecule has 0 radical (unpaired) electrons. The molecule has 3 nitrogen and oxygen atoms in total. The average Bonchev–Trinajstić information content (AvgIpc) is 2.52. The molecule has 3 rings (SSSR count). The number of carboxylic acids is 1. The Labute approximate surface area is 131 Å². The Morgan fingerprint density at radius 3 is 2.73 bits per heavy atom. The van der Waals surface area contributed by atoms with Crippen molar-refractivity contribution in [1.29, 1.82) is 0 Å². The second-order valence-electron chi connectivity index (χ2n) is 6.57. The molecule has 1 aliphatic rings. The lowest BCUT2D eigenvalue weighted by Crippen LogP contribution is -2.43. The maximum atomic E-state index is 11.2. The SMILES string of the molecule is CC1CC(C(=O)O)CN(CCc2ccc3ccccc3c2)C1. The van der Waals surface area contributed by atoms with Crippen molar-refractivity contribution in [2.75, 3.05) is 19.6 Å². The monoisotopic (exact) mass is 297 g/mol. The summed E-state index contributed by atoms with van der Waals surface area (Å²) in [5.41, 5.74) is 1.32. The predicted octanol–water partition coefficient (Wildman–Crippen LogP) is 3.42. The molecule has 0 aliphatic carbocycles. The largest absolute Gasteiger partial charge is 0.481 e. The van der Waals surface area contributed by atoms with Crippen molar-refractivity contribution in [3.63, 3.8) is 0 Å². The zero-order chi connectivity index (χ0) is 15.5. The van der Waals surface area contributed by atoms with Crippen molar-refractivity contribution >= 4 is 16.7 Å². The van der Waals surface area contributed by atoms with Crippen LogP contribution in [0.5, 0.6) is 0 Å². The molecule has 1 aliphatic heterocycles. The smallest absolute Gasteiger partial charge is 0.307 e. The number of carboxylic acid groups (broad SMARTS) is 1. The molecule has 1 heterocycles. The predicted molar refractivity (Wildman–Crippen MR) is 89.0 cm³/mol. The summed E-state index contributed by atoms with van der Waals surface area (Å²) < 4.78 is 0. The number of likely N-dealkylation sites (tertiary alicyclic amines) is 1. The highest BCUT2D eigenvalue weighted by atomic mass is 16.4. The highest BCUT2D eigenvalue weighted by Gasteiger charge is 2.28. The van der Waals surface area contributed by atoms with E-state index in [1.54, 1.807) is 0 Å². The Bertz CT molecular complexity index is 667. The van der Waals surface area contributed by atoms with Gasteiger partial charge in [0.05, 0.1) is 5.92 Å². The van der Waals surface area contributed by atoms with Crippen LogP contribution in [0.2, 0.25) is 0 Å². The Morgan fingerprint density at radius 2 is 1.95 bits per heavy atom. The maximum Gasteiger partial charge on any atom is 0.307 e. The van der Waals surface area contributed by atoms with Crippen LogP contribution in [0.4, 0.5) is 0 Å². The standard InChI is InChI=1S/C19H23NO2/c1-14-10-18(19(21)22)13-20(12-14)9-8-15-6-7-16-4-2-3-5-17(16)11-15/h2-7,11,14,18H,8-10,12-13H2,1H3,(H,21,22). The molecule has 116 valence electrons. The lowest BCUT2D eigenvalue weighted by Gasteiger charge is -2.34. The van der Waals surface area contributed by atoms with Crippen LogP contribution < -0.4 is 0 Å². The third-order valence-electron chi connectivity index (χ3n) is 4.62. The van der Waals surface area contributed by atoms with Gasteiger partial charge in [0.2, 0.25) is 0 Å². The molecule has 0 aromatic heterocycles. The van der Waals surface area contributed by atoms with Crippen LogP contribution in [0, 0.1) is 11.8 Å². The highest BCUT2D eigenvalue weighted by molar-refractivity contribution is 5.82. The first-order valence-corrected chi connectivity index (χ1v) is 8.04. The van der Waals surface area contributed by atoms with Crippen LogP contribution >= 0.6 is 0 Å². The first kappa shape index (κ1) is 15.0. The number of rotatable bonds is 4. The molecule has 0 saturated carbocycles. The fourth-order valence-electron chi connectivity index (χ4n) is 3.50. The van der Waals surface area contributed by atoms with Gasteiger partial charge in [0.1, 0.15) is 0 Å². The molecule has 0 amide bonds. The summed E-state index contributed by atoms with van der Waals surface area (Å²) in [6.45, 7) is 4.79. The van der Waals surface area contributed by atoms with Gasteiger partial charge in [0.15, 0.2) is 0 Å². The Kier molecular flexibility index (Phi) is 4.44. The lowest BCUT2D eigenvalue weighted by molar-refractivity contribution is -0.144. The number of hydrogen-bond donors (Lipinski definition) is 1. The molecular weight excluding hydrogens is 274 g/mol. The molecule has 1 N–H and O–H groups in total. The summed E-state index contributed by atoms with van der Waals surface area (Å²) >= 11 is 0. The van der Waals surface area contributed by atoms with Gasteiger partial charge in [-0.25, -0.2) is 0 Å². The summed E-state index contributed by atoms with van der Waals surface area (Å²) in [4.78, 5) is 13.5. The summed E-state index contributed by atoms with van der Waals surface area (Å²) in [6.07, 6.45) is 1.78. The number of carbonyl (C=O) groups is 1. The van der Waals surface area contributed by atoms with Gasteiger partial charge < -0.3 is 10.0 Å². The normalized spacial score (nSPS) is 22.8. The lowest BCUT2D eigenvalue weighted by atomic mass is 9.90. The Balaban J connectivity index is 1.64. The van der Waals surface area contributed by atoms with Gasteiger partial charge in [0, 0.05) is 19.6 Å². The number of benzene rings is 2. The van der Waals surface area contributed by atoms with E-state index in [2.05, 4.69) is 54.3 Å². The fraction of sp³-hybridized carbons (Fsp3) is 0.421. The summed E-state index contributed by atoms with van der Waals surface area (Å²) in [5, 5.41) is 11.8. The molecule has 2 aromatic rings. The van der Waals surface area contributed by atoms with E-state index in [1.807, 2.05) is 0 Å². The molecule has 2 aromatic carbocycles. The van der Waals surface area contributed by atoms with E-state index < -0.39 is 5.97 Å². The van der Waals surface area contributed by atoms with Crippen molar-refractivity contribution in [3.05, 3.63) is 48.0 Å². The summed E-state index contributed by atoms with van der Waals surface area (Å²) in [6, 6.07) is 15.0. The van der Waals surface area contributed by atoms with Crippen LogP contribution in [0.25, 0.3) is 10.8 Å². The second-order valence-corrected chi connectivity index (χ2v) is 6.57. The maximum absolute atomic E-state index is 11.2. The Hall–Kier alpha value is -1.87. The van der Waals surface area contributed by atoms with E-state index in [-0.39, 0.29) is 5.92 Å². The number of piperidine rings is 1. The first-order chi connectivity index (χ1) is 10.6. The molecule has 1 fully saturated rings. The van der Waals surface area contributed by atoms with Crippen molar-refractivity contribution < 1.29 is 9.90 Å². The summed E-state index contributed by atoms with van der Waals surface area (Å²) in [7, 11) is 0. The molecular formula is C19H23NO2. The van der Waals surface area contributed by atoms with Crippen LogP contribution in [0.1, 0.15) is 18.9 Å². The van der Waals surface area contributed by atoms with Crippen molar-refractivity contribution in [2.45, 2.75) is 19.8 Å². The fourth-order valence-corrected chi connectivity index (χ4v) is 3.50. The van der Waals surface area contributed by atoms with Crippen molar-refractivity contribution in [2.24, 2.45) is 11.8 Å². The third kappa shape index (κ3) is 3.47. The molecule has 22 heavy (non-hydrogen) atoms. The van der Waals surface area contributed by atoms with Crippen LogP contribution in [0.3, 0.4) is 0 Å². The van der Waals surface area contributed by atoms with Crippen LogP contribution in [-0.4, -0.2) is 35.6 Å². The zero-order valence-corrected chi connectivity index (χ0v) is 13.0. The topological polar surface area (TPSA) is 40.5 Å². The Morgan fingerprint density at radius 1 is 1.18 bits per heavy atom. The van der Waals surface area contributed by atoms with E-state index >= 15 is 0 Å². The van der Waals surface area contributed by atoms with Crippen LogP contribution in [0.15, 0.2) is 42.5 Å². The highest BCUT2D eigenvalue weighted by Crippen LogP contribution is 2.22. The van der Waals surface area contributed by atoms with Crippen LogP contribution in [-0.2, 0) is 11.2 Å². The quantitative estimate of drug-likeness (QED) is 0.940. The molecule has 2 unspecified atom stereocenters. The van der Waals surface area contributed by atoms with E-state index in [0.717, 1.165) is 25.9 Å². The molecule has 0 bridgehead atoms. The van der Waals surface area contributed by atoms with E-state index in [4.69, 9.17) is 0 Å². The molecule has 2 atom stereocenters. The average molecular weight is 297 g/mol. The molecule has 1 saturated heterocycles. The van der Waals surface area contributed by atoms with Gasteiger partial charge in [0.25, 0.3) is 0 Å². The second kappa shape index (κ2) is 6.49. The number of hydrogen-bond acceptors (Lipinski definition) is 2. The van der Waals surface area contributed by atoms with Gasteiger partial charge in [-0.3, -0.25) is 4.79 Å². The zero-order valence-electron chi connectivity index (χ0n) is 13.0. The van der Waals surface area contributed by atoms with Gasteiger partial charge in [-0.05, 0) is 35.1 Å². The van der Waals surface area contributed by atoms with Crippen molar-refractivity contribution in [1.82, 2.24) is 4.90 Å². The van der Waals surface area contributed by atoms with E-state index in [9.17, 15) is 9.90 Å². The minimum Gasteiger partial charge on any atom is -0.481 e. The van der Waals surface area contributed by atoms with Gasteiger partial charge in [-0.1, -0.05) is 49.4 Å². The number of aliphatic carboxylic acids is 1. The number of fused-ring (bicyclic) bond motifs is 1. The third-order valence-corrected chi connectivity index (χ3v) is 4.62. The molecule has 0 spiro atoms.